The van der Waals surface area contributed by atoms with Crippen molar-refractivity contribution < 1.29 is 4.74 Å². The third-order valence-corrected chi connectivity index (χ3v) is 5.26. The molecule has 3 aromatic rings. The molecule has 0 saturated carbocycles. The average molecular weight is 342 g/mol. The van der Waals surface area contributed by atoms with Crippen molar-refractivity contribution in [2.75, 3.05) is 24.6 Å². The smallest absolute Gasteiger partial charge is 0.275 e. The van der Waals surface area contributed by atoms with E-state index in [1.165, 1.54) is 28.1 Å². The molecule has 24 heavy (non-hydrogen) atoms. The zero-order chi connectivity index (χ0) is 16.4. The summed E-state index contributed by atoms with van der Waals surface area (Å²) < 4.78 is 7.24. The number of fused-ring (bicyclic) bond motifs is 1. The van der Waals surface area contributed by atoms with Gasteiger partial charge in [0.2, 0.25) is 10.1 Å². The Kier molecular flexibility index (Phi) is 4.17. The van der Waals surface area contributed by atoms with Gasteiger partial charge < -0.3 is 9.64 Å². The van der Waals surface area contributed by atoms with Gasteiger partial charge in [0.15, 0.2) is 0 Å². The molecule has 3 heterocycles. The van der Waals surface area contributed by atoms with E-state index < -0.39 is 0 Å². The zero-order valence-corrected chi connectivity index (χ0v) is 14.0. The lowest BCUT2D eigenvalue weighted by Crippen LogP contribution is -2.35. The maximum Gasteiger partial charge on any atom is 0.275 e. The highest BCUT2D eigenvalue weighted by Crippen LogP contribution is 2.27. The van der Waals surface area contributed by atoms with Gasteiger partial charge in [-0.3, -0.25) is 4.79 Å². The third-order valence-electron chi connectivity index (χ3n) is 4.27. The number of piperidine rings is 1. The summed E-state index contributed by atoms with van der Waals surface area (Å²) in [7, 11) is 0. The molecule has 1 saturated heterocycles. The lowest BCUT2D eigenvalue weighted by Gasteiger charge is -2.31. The quantitative estimate of drug-likeness (QED) is 0.729. The van der Waals surface area contributed by atoms with E-state index in [0.29, 0.717) is 10.9 Å². The summed E-state index contributed by atoms with van der Waals surface area (Å²) in [4.78, 5) is 18.9. The molecule has 6 nitrogen and oxygen atoms in total. The second-order valence-electron chi connectivity index (χ2n) is 5.92. The summed E-state index contributed by atoms with van der Waals surface area (Å²) in [5, 5.41) is 5.28. The van der Waals surface area contributed by atoms with Gasteiger partial charge in [-0.1, -0.05) is 29.5 Å². The Morgan fingerprint density at radius 3 is 2.71 bits per heavy atom. The molecule has 7 heteroatoms. The second-order valence-corrected chi connectivity index (χ2v) is 6.85. The van der Waals surface area contributed by atoms with Gasteiger partial charge in [-0.15, -0.1) is 5.10 Å². The number of rotatable bonds is 4. The molecular weight excluding hydrogens is 324 g/mol. The van der Waals surface area contributed by atoms with Crippen LogP contribution in [0.5, 0.6) is 5.75 Å². The monoisotopic (exact) mass is 342 g/mol. The Morgan fingerprint density at radius 1 is 1.17 bits per heavy atom. The number of ether oxygens (including phenoxy) is 1. The van der Waals surface area contributed by atoms with Gasteiger partial charge in [-0.25, -0.2) is 4.98 Å². The minimum absolute atomic E-state index is 0.131. The van der Waals surface area contributed by atoms with Crippen molar-refractivity contribution in [1.82, 2.24) is 14.6 Å². The lowest BCUT2D eigenvalue weighted by atomic mass is 9.98. The molecule has 0 unspecified atom stereocenters. The number of benzene rings is 1. The first kappa shape index (κ1) is 15.1. The Balaban J connectivity index is 1.37. The molecule has 1 aliphatic rings. The number of para-hydroxylation sites is 1. The molecule has 0 spiro atoms. The van der Waals surface area contributed by atoms with Crippen LogP contribution >= 0.6 is 11.3 Å². The summed E-state index contributed by atoms with van der Waals surface area (Å²) in [6.45, 7) is 2.60. The van der Waals surface area contributed by atoms with Gasteiger partial charge in [-0.2, -0.15) is 4.52 Å². The third kappa shape index (κ3) is 3.12. The molecule has 1 aromatic carbocycles. The fraction of sp³-hybridized carbons (Fsp3) is 0.353. The number of hydrogen-bond acceptors (Lipinski definition) is 6. The molecule has 0 aliphatic carbocycles. The molecule has 0 radical (unpaired) electrons. The summed E-state index contributed by atoms with van der Waals surface area (Å²) in [6.07, 6.45) is 3.66. The first-order chi connectivity index (χ1) is 11.8. The van der Waals surface area contributed by atoms with Crippen LogP contribution in [0, 0.1) is 5.92 Å². The minimum Gasteiger partial charge on any atom is -0.493 e. The van der Waals surface area contributed by atoms with Crippen LogP contribution in [0.1, 0.15) is 12.8 Å². The van der Waals surface area contributed by atoms with Gasteiger partial charge in [0, 0.05) is 25.4 Å². The van der Waals surface area contributed by atoms with Gasteiger partial charge in [0.25, 0.3) is 5.56 Å². The summed E-state index contributed by atoms with van der Waals surface area (Å²) >= 11 is 1.46. The SMILES string of the molecule is O=c1ccnc2sc(N3CCC(COc4ccccc4)CC3)nn12. The van der Waals surface area contributed by atoms with E-state index in [9.17, 15) is 4.79 Å². The molecule has 1 fully saturated rings. The van der Waals surface area contributed by atoms with Gasteiger partial charge >= 0.3 is 0 Å². The van der Waals surface area contributed by atoms with Crippen LogP contribution in [-0.4, -0.2) is 34.3 Å². The van der Waals surface area contributed by atoms with Crippen molar-refractivity contribution in [3.05, 3.63) is 52.9 Å². The van der Waals surface area contributed by atoms with Gasteiger partial charge in [-0.05, 0) is 30.9 Å². The topological polar surface area (TPSA) is 59.7 Å². The Hall–Kier alpha value is -2.41. The highest BCUT2D eigenvalue weighted by molar-refractivity contribution is 7.20. The van der Waals surface area contributed by atoms with Crippen molar-refractivity contribution in [2.24, 2.45) is 5.92 Å². The predicted molar refractivity (Wildman–Crippen MR) is 94.0 cm³/mol. The highest BCUT2D eigenvalue weighted by Gasteiger charge is 2.22. The first-order valence-corrected chi connectivity index (χ1v) is 8.89. The van der Waals surface area contributed by atoms with Crippen LogP contribution in [0.2, 0.25) is 0 Å². The fourth-order valence-corrected chi connectivity index (χ4v) is 3.81. The maximum atomic E-state index is 11.8. The maximum absolute atomic E-state index is 11.8. The summed E-state index contributed by atoms with van der Waals surface area (Å²) in [5.41, 5.74) is -0.131. The van der Waals surface area contributed by atoms with E-state index >= 15 is 0 Å². The van der Waals surface area contributed by atoms with E-state index in [2.05, 4.69) is 15.0 Å². The predicted octanol–water partition coefficient (Wildman–Crippen LogP) is 2.45. The molecule has 0 atom stereocenters. The van der Waals surface area contributed by atoms with Gasteiger partial charge in [0.1, 0.15) is 5.75 Å². The van der Waals surface area contributed by atoms with Crippen LogP contribution in [0.15, 0.2) is 47.4 Å². The highest BCUT2D eigenvalue weighted by atomic mass is 32.1. The van der Waals surface area contributed by atoms with Gasteiger partial charge in [0.05, 0.1) is 6.61 Å². The van der Waals surface area contributed by atoms with Crippen LogP contribution in [0.4, 0.5) is 5.13 Å². The standard InChI is InChI=1S/C17H18N4O2S/c22-15-6-9-18-16-21(15)19-17(24-16)20-10-7-13(8-11-20)12-23-14-4-2-1-3-5-14/h1-6,9,13H,7-8,10-12H2. The summed E-state index contributed by atoms with van der Waals surface area (Å²) in [5.74, 6) is 1.48. The summed E-state index contributed by atoms with van der Waals surface area (Å²) in [6, 6.07) is 11.4. The Morgan fingerprint density at radius 2 is 1.96 bits per heavy atom. The molecule has 124 valence electrons. The van der Waals surface area contributed by atoms with Crippen molar-refractivity contribution in [1.29, 1.82) is 0 Å². The van der Waals surface area contributed by atoms with Crippen LogP contribution in [0.25, 0.3) is 4.96 Å². The molecule has 0 bridgehead atoms. The number of aromatic nitrogens is 3. The van der Waals surface area contributed by atoms with Crippen LogP contribution < -0.4 is 15.2 Å². The number of anilines is 1. The van der Waals surface area contributed by atoms with Crippen molar-refractivity contribution in [3.8, 4) is 5.75 Å². The molecule has 2 aromatic heterocycles. The largest absolute Gasteiger partial charge is 0.493 e. The normalized spacial score (nSPS) is 15.8. The molecular formula is C17H18N4O2S. The minimum atomic E-state index is -0.131. The van der Waals surface area contributed by atoms with Crippen molar-refractivity contribution in [2.45, 2.75) is 12.8 Å². The molecule has 4 rings (SSSR count). The first-order valence-electron chi connectivity index (χ1n) is 8.07. The van der Waals surface area contributed by atoms with Crippen LogP contribution in [0.3, 0.4) is 0 Å². The van der Waals surface area contributed by atoms with Crippen molar-refractivity contribution >= 4 is 21.4 Å². The molecule has 0 N–H and O–H groups in total. The van der Waals surface area contributed by atoms with E-state index in [4.69, 9.17) is 4.74 Å². The second kappa shape index (κ2) is 6.60. The van der Waals surface area contributed by atoms with E-state index in [0.717, 1.165) is 43.4 Å². The average Bonchev–Trinajstić information content (AvgIpc) is 3.07. The fourth-order valence-electron chi connectivity index (χ4n) is 2.88. The zero-order valence-electron chi connectivity index (χ0n) is 13.2. The van der Waals surface area contributed by atoms with E-state index in [1.54, 1.807) is 0 Å². The molecule has 1 aliphatic heterocycles. The molecule has 0 amide bonds. The number of hydrogen-bond donors (Lipinski definition) is 0. The van der Waals surface area contributed by atoms with E-state index in [1.807, 2.05) is 30.3 Å². The lowest BCUT2D eigenvalue weighted by molar-refractivity contribution is 0.223. The van der Waals surface area contributed by atoms with Crippen molar-refractivity contribution in [3.63, 3.8) is 0 Å². The number of nitrogens with zero attached hydrogens (tertiary/aromatic N) is 4. The Labute approximate surface area is 143 Å². The Bertz CT molecular complexity index is 869. The van der Waals surface area contributed by atoms with E-state index in [-0.39, 0.29) is 5.56 Å². The van der Waals surface area contributed by atoms with Crippen LogP contribution in [-0.2, 0) is 0 Å².